The molecule has 0 radical (unpaired) electrons. The van der Waals surface area contributed by atoms with Gasteiger partial charge in [-0.2, -0.15) is 0 Å². The average molecular weight is 273 g/mol. The molecule has 5 heteroatoms. The molecule has 2 aromatic rings. The van der Waals surface area contributed by atoms with Crippen LogP contribution >= 0.6 is 0 Å². The second-order valence-electron chi connectivity index (χ2n) is 4.49. The van der Waals surface area contributed by atoms with Crippen molar-refractivity contribution in [1.29, 1.82) is 0 Å². The molecule has 0 N–H and O–H groups in total. The first-order valence-corrected chi connectivity index (χ1v) is 5.97. The number of rotatable bonds is 2. The second kappa shape index (κ2) is 4.52. The Kier molecular flexibility index (Phi) is 2.82. The van der Waals surface area contributed by atoms with Gasteiger partial charge in [-0.15, -0.1) is 0 Å². The number of benzene rings is 2. The van der Waals surface area contributed by atoms with Crippen molar-refractivity contribution in [2.24, 2.45) is 0 Å². The highest BCUT2D eigenvalue weighted by Crippen LogP contribution is 2.26. The van der Waals surface area contributed by atoms with E-state index in [0.29, 0.717) is 5.56 Å². The molecule has 0 bridgehead atoms. The first-order chi connectivity index (χ1) is 9.58. The van der Waals surface area contributed by atoms with E-state index in [4.69, 9.17) is 0 Å². The molecule has 3 rings (SSSR count). The molecule has 1 aliphatic heterocycles. The van der Waals surface area contributed by atoms with Crippen LogP contribution in [0, 0.1) is 11.6 Å². The molecule has 0 fully saturated rings. The Labute approximate surface area is 113 Å². The summed E-state index contributed by atoms with van der Waals surface area (Å²) < 4.78 is 26.5. The van der Waals surface area contributed by atoms with Gasteiger partial charge in [-0.25, -0.2) is 8.78 Å². The number of halogens is 2. The Morgan fingerprint density at radius 1 is 0.900 bits per heavy atom. The van der Waals surface area contributed by atoms with Gasteiger partial charge >= 0.3 is 0 Å². The fourth-order valence-corrected chi connectivity index (χ4v) is 2.21. The van der Waals surface area contributed by atoms with Gasteiger partial charge in [0.1, 0.15) is 11.6 Å². The second-order valence-corrected chi connectivity index (χ2v) is 4.49. The fraction of sp³-hybridized carbons (Fsp3) is 0.0667. The van der Waals surface area contributed by atoms with Gasteiger partial charge in [0.15, 0.2) is 0 Å². The number of fused-ring (bicyclic) bond motifs is 1. The summed E-state index contributed by atoms with van der Waals surface area (Å²) in [6, 6.07) is 9.40. The largest absolute Gasteiger partial charge is 0.270 e. The van der Waals surface area contributed by atoms with E-state index in [1.54, 1.807) is 0 Å². The molecule has 2 aromatic carbocycles. The van der Waals surface area contributed by atoms with Crippen molar-refractivity contribution in [2.45, 2.75) is 6.54 Å². The summed E-state index contributed by atoms with van der Waals surface area (Å²) in [4.78, 5) is 25.1. The molecule has 0 aromatic heterocycles. The summed E-state index contributed by atoms with van der Waals surface area (Å²) in [5.74, 6) is -2.30. The summed E-state index contributed by atoms with van der Waals surface area (Å²) in [7, 11) is 0. The fourth-order valence-electron chi connectivity index (χ4n) is 2.21. The highest BCUT2D eigenvalue weighted by atomic mass is 19.1. The Morgan fingerprint density at radius 2 is 1.60 bits per heavy atom. The van der Waals surface area contributed by atoms with Gasteiger partial charge in [-0.1, -0.05) is 18.2 Å². The maximum Gasteiger partial charge on any atom is 0.264 e. The average Bonchev–Trinajstić information content (AvgIpc) is 2.67. The molecule has 20 heavy (non-hydrogen) atoms. The van der Waals surface area contributed by atoms with Crippen LogP contribution < -0.4 is 0 Å². The number of nitrogens with zero attached hydrogens (tertiary/aromatic N) is 1. The van der Waals surface area contributed by atoms with Gasteiger partial charge in [0, 0.05) is 0 Å². The van der Waals surface area contributed by atoms with Crippen LogP contribution in [0.5, 0.6) is 0 Å². The number of amides is 2. The van der Waals surface area contributed by atoms with Crippen molar-refractivity contribution in [3.8, 4) is 0 Å². The molecule has 0 saturated carbocycles. The van der Waals surface area contributed by atoms with E-state index in [1.165, 1.54) is 36.4 Å². The van der Waals surface area contributed by atoms with Crippen molar-refractivity contribution in [2.75, 3.05) is 0 Å². The van der Waals surface area contributed by atoms with E-state index in [-0.39, 0.29) is 17.7 Å². The van der Waals surface area contributed by atoms with E-state index in [1.807, 2.05) is 0 Å². The van der Waals surface area contributed by atoms with Gasteiger partial charge in [0.25, 0.3) is 11.8 Å². The zero-order valence-electron chi connectivity index (χ0n) is 10.3. The van der Waals surface area contributed by atoms with E-state index in [9.17, 15) is 18.4 Å². The minimum absolute atomic E-state index is 0.00787. The third kappa shape index (κ3) is 1.87. The third-order valence-electron chi connectivity index (χ3n) is 3.20. The Hall–Kier alpha value is -2.56. The Bertz CT molecular complexity index is 710. The minimum Gasteiger partial charge on any atom is -0.270 e. The van der Waals surface area contributed by atoms with Crippen LogP contribution in [0.25, 0.3) is 0 Å². The zero-order chi connectivity index (χ0) is 14.3. The standard InChI is InChI=1S/C15H9F2NO2/c16-10-6-4-9(5-7-10)8-18-14(19)11-2-1-3-12(17)13(11)15(18)20/h1-7H,8H2. The lowest BCUT2D eigenvalue weighted by atomic mass is 10.1. The maximum atomic E-state index is 13.6. The van der Waals surface area contributed by atoms with Gasteiger partial charge in [0.2, 0.25) is 0 Å². The molecule has 1 aliphatic rings. The molecular weight excluding hydrogens is 264 g/mol. The van der Waals surface area contributed by atoms with Crippen molar-refractivity contribution in [3.63, 3.8) is 0 Å². The van der Waals surface area contributed by atoms with Gasteiger partial charge < -0.3 is 0 Å². The van der Waals surface area contributed by atoms with Crippen molar-refractivity contribution >= 4 is 11.8 Å². The monoisotopic (exact) mass is 273 g/mol. The molecule has 0 aliphatic carbocycles. The van der Waals surface area contributed by atoms with E-state index in [0.717, 1.165) is 11.0 Å². The molecule has 3 nitrogen and oxygen atoms in total. The van der Waals surface area contributed by atoms with Crippen LogP contribution in [0.15, 0.2) is 42.5 Å². The predicted molar refractivity (Wildman–Crippen MR) is 67.0 cm³/mol. The molecular formula is C15H9F2NO2. The number of carbonyl (C=O) groups excluding carboxylic acids is 2. The minimum atomic E-state index is -0.706. The Balaban J connectivity index is 1.94. The number of carbonyl (C=O) groups is 2. The highest BCUT2D eigenvalue weighted by molar-refractivity contribution is 6.21. The lowest BCUT2D eigenvalue weighted by molar-refractivity contribution is 0.0641. The lowest BCUT2D eigenvalue weighted by Crippen LogP contribution is -2.29. The maximum absolute atomic E-state index is 13.6. The highest BCUT2D eigenvalue weighted by Gasteiger charge is 2.37. The first-order valence-electron chi connectivity index (χ1n) is 5.97. The molecule has 0 saturated heterocycles. The van der Waals surface area contributed by atoms with Gasteiger partial charge in [-0.3, -0.25) is 14.5 Å². The van der Waals surface area contributed by atoms with Crippen LogP contribution in [0.3, 0.4) is 0 Å². The summed E-state index contributed by atoms with van der Waals surface area (Å²) in [6.45, 7) is -0.00787. The molecule has 100 valence electrons. The zero-order valence-corrected chi connectivity index (χ0v) is 10.3. The van der Waals surface area contributed by atoms with Gasteiger partial charge in [-0.05, 0) is 29.8 Å². The third-order valence-corrected chi connectivity index (χ3v) is 3.20. The van der Waals surface area contributed by atoms with Crippen molar-refractivity contribution < 1.29 is 18.4 Å². The first kappa shape index (κ1) is 12.5. The number of hydrogen-bond donors (Lipinski definition) is 0. The van der Waals surface area contributed by atoms with Crippen LogP contribution in [0.4, 0.5) is 8.78 Å². The SMILES string of the molecule is O=C1c2cccc(F)c2C(=O)N1Cc1ccc(F)cc1. The van der Waals surface area contributed by atoms with Crippen LogP contribution in [-0.4, -0.2) is 16.7 Å². The summed E-state index contributed by atoms with van der Waals surface area (Å²) in [5.41, 5.74) is 0.470. The van der Waals surface area contributed by atoms with E-state index < -0.39 is 23.4 Å². The van der Waals surface area contributed by atoms with E-state index in [2.05, 4.69) is 0 Å². The van der Waals surface area contributed by atoms with Crippen molar-refractivity contribution in [3.05, 3.63) is 70.8 Å². The van der Waals surface area contributed by atoms with Crippen LogP contribution in [0.2, 0.25) is 0 Å². The molecule has 0 atom stereocenters. The van der Waals surface area contributed by atoms with E-state index >= 15 is 0 Å². The molecule has 0 unspecified atom stereocenters. The molecule has 0 spiro atoms. The smallest absolute Gasteiger partial charge is 0.264 e. The van der Waals surface area contributed by atoms with Crippen molar-refractivity contribution in [1.82, 2.24) is 4.90 Å². The molecule has 2 amide bonds. The lowest BCUT2D eigenvalue weighted by Gasteiger charge is -2.13. The quantitative estimate of drug-likeness (QED) is 0.789. The predicted octanol–water partition coefficient (Wildman–Crippen LogP) is 2.76. The summed E-state index contributed by atoms with van der Waals surface area (Å²) >= 11 is 0. The van der Waals surface area contributed by atoms with Gasteiger partial charge in [0.05, 0.1) is 17.7 Å². The number of hydrogen-bond acceptors (Lipinski definition) is 2. The topological polar surface area (TPSA) is 37.4 Å². The normalized spacial score (nSPS) is 13.8. The van der Waals surface area contributed by atoms with Crippen LogP contribution in [-0.2, 0) is 6.54 Å². The summed E-state index contributed by atoms with van der Waals surface area (Å²) in [6.07, 6.45) is 0. The number of imide groups is 1. The van der Waals surface area contributed by atoms with Crippen LogP contribution in [0.1, 0.15) is 26.3 Å². The Morgan fingerprint density at radius 3 is 2.25 bits per heavy atom. The summed E-state index contributed by atoms with van der Waals surface area (Å²) in [5, 5.41) is 0. The molecule has 1 heterocycles.